The number of pyridine rings is 1. The van der Waals surface area contributed by atoms with Crippen LogP contribution in [0.2, 0.25) is 0 Å². The quantitative estimate of drug-likeness (QED) is 0.838. The third kappa shape index (κ3) is 5.17. The van der Waals surface area contributed by atoms with Gasteiger partial charge in [0.1, 0.15) is 11.4 Å². The maximum Gasteiger partial charge on any atom is 0.272 e. The molecule has 0 bridgehead atoms. The standard InChI is InChI=1S/C16H25N3O2/c1-5-19(6-2)16(21)14-9-7-8-13(18-14)15(20)17-11-10-12(3)4/h7-9,12H,5-6,10-11H2,1-4H3,(H,17,20). The minimum atomic E-state index is -0.232. The van der Waals surface area contributed by atoms with Gasteiger partial charge < -0.3 is 10.2 Å². The van der Waals surface area contributed by atoms with Gasteiger partial charge in [0.2, 0.25) is 0 Å². The van der Waals surface area contributed by atoms with Gasteiger partial charge in [-0.3, -0.25) is 9.59 Å². The lowest BCUT2D eigenvalue weighted by Gasteiger charge is -2.18. The topological polar surface area (TPSA) is 62.3 Å². The van der Waals surface area contributed by atoms with E-state index in [1.54, 1.807) is 23.1 Å². The van der Waals surface area contributed by atoms with Crippen LogP contribution in [0.5, 0.6) is 0 Å². The lowest BCUT2D eigenvalue weighted by Crippen LogP contribution is -2.32. The second-order valence-corrected chi connectivity index (χ2v) is 5.32. The van der Waals surface area contributed by atoms with Gasteiger partial charge in [-0.15, -0.1) is 0 Å². The zero-order valence-corrected chi connectivity index (χ0v) is 13.3. The molecular formula is C16H25N3O2. The lowest BCUT2D eigenvalue weighted by atomic mass is 10.1. The number of rotatable bonds is 7. The van der Waals surface area contributed by atoms with Gasteiger partial charge in [0.15, 0.2) is 0 Å². The molecule has 0 atom stereocenters. The first-order chi connectivity index (χ1) is 9.99. The van der Waals surface area contributed by atoms with Crippen molar-refractivity contribution in [1.82, 2.24) is 15.2 Å². The highest BCUT2D eigenvalue weighted by atomic mass is 16.2. The Kier molecular flexibility index (Phi) is 6.85. The third-order valence-corrected chi connectivity index (χ3v) is 3.26. The first kappa shape index (κ1) is 17.1. The fourth-order valence-corrected chi connectivity index (χ4v) is 1.92. The van der Waals surface area contributed by atoms with E-state index in [9.17, 15) is 9.59 Å². The van der Waals surface area contributed by atoms with E-state index < -0.39 is 0 Å². The van der Waals surface area contributed by atoms with Crippen molar-refractivity contribution in [1.29, 1.82) is 0 Å². The van der Waals surface area contributed by atoms with Crippen molar-refractivity contribution in [2.24, 2.45) is 5.92 Å². The molecule has 21 heavy (non-hydrogen) atoms. The molecule has 116 valence electrons. The number of carbonyl (C=O) groups is 2. The zero-order chi connectivity index (χ0) is 15.8. The van der Waals surface area contributed by atoms with E-state index in [1.807, 2.05) is 13.8 Å². The first-order valence-corrected chi connectivity index (χ1v) is 7.54. The number of amides is 2. The molecule has 2 amide bonds. The van der Waals surface area contributed by atoms with Crippen LogP contribution >= 0.6 is 0 Å². The van der Waals surface area contributed by atoms with E-state index in [0.717, 1.165) is 6.42 Å². The summed E-state index contributed by atoms with van der Waals surface area (Å²) in [4.78, 5) is 30.1. The molecule has 0 spiro atoms. The molecule has 0 saturated carbocycles. The van der Waals surface area contributed by atoms with Gasteiger partial charge in [0.25, 0.3) is 11.8 Å². The highest BCUT2D eigenvalue weighted by molar-refractivity contribution is 5.96. The van der Waals surface area contributed by atoms with E-state index in [1.165, 1.54) is 0 Å². The van der Waals surface area contributed by atoms with E-state index in [-0.39, 0.29) is 17.5 Å². The van der Waals surface area contributed by atoms with Crippen molar-refractivity contribution >= 4 is 11.8 Å². The van der Waals surface area contributed by atoms with Gasteiger partial charge in [-0.2, -0.15) is 0 Å². The van der Waals surface area contributed by atoms with Crippen molar-refractivity contribution in [2.45, 2.75) is 34.1 Å². The van der Waals surface area contributed by atoms with E-state index in [4.69, 9.17) is 0 Å². The predicted molar refractivity (Wildman–Crippen MR) is 83.3 cm³/mol. The Morgan fingerprint density at radius 3 is 2.38 bits per heavy atom. The summed E-state index contributed by atoms with van der Waals surface area (Å²) in [5, 5.41) is 2.83. The van der Waals surface area contributed by atoms with Crippen LogP contribution < -0.4 is 5.32 Å². The van der Waals surface area contributed by atoms with Crippen LogP contribution in [0.15, 0.2) is 18.2 Å². The summed E-state index contributed by atoms with van der Waals surface area (Å²) in [5.41, 5.74) is 0.604. The molecule has 1 N–H and O–H groups in total. The minimum Gasteiger partial charge on any atom is -0.351 e. The third-order valence-electron chi connectivity index (χ3n) is 3.26. The molecule has 5 heteroatoms. The van der Waals surface area contributed by atoms with Gasteiger partial charge in [-0.25, -0.2) is 4.98 Å². The van der Waals surface area contributed by atoms with E-state index >= 15 is 0 Å². The average Bonchev–Trinajstić information content (AvgIpc) is 2.48. The largest absolute Gasteiger partial charge is 0.351 e. The monoisotopic (exact) mass is 291 g/mol. The van der Waals surface area contributed by atoms with Crippen LogP contribution in [0, 0.1) is 5.92 Å². The highest BCUT2D eigenvalue weighted by Gasteiger charge is 2.16. The van der Waals surface area contributed by atoms with Gasteiger partial charge >= 0.3 is 0 Å². The number of hydrogen-bond acceptors (Lipinski definition) is 3. The Morgan fingerprint density at radius 1 is 1.19 bits per heavy atom. The summed E-state index contributed by atoms with van der Waals surface area (Å²) in [6, 6.07) is 4.97. The molecule has 0 aliphatic carbocycles. The summed E-state index contributed by atoms with van der Waals surface area (Å²) in [6.07, 6.45) is 0.920. The van der Waals surface area contributed by atoms with Crippen LogP contribution in [0.1, 0.15) is 55.1 Å². The van der Waals surface area contributed by atoms with Gasteiger partial charge in [-0.05, 0) is 38.3 Å². The molecule has 0 aromatic carbocycles. The number of carbonyl (C=O) groups excluding carboxylic acids is 2. The zero-order valence-electron chi connectivity index (χ0n) is 13.3. The van der Waals surface area contributed by atoms with Crippen LogP contribution in [-0.2, 0) is 0 Å². The van der Waals surface area contributed by atoms with Crippen LogP contribution in [-0.4, -0.2) is 41.3 Å². The molecule has 0 saturated heterocycles. The Labute approximate surface area is 126 Å². The molecule has 5 nitrogen and oxygen atoms in total. The highest BCUT2D eigenvalue weighted by Crippen LogP contribution is 2.05. The fourth-order valence-electron chi connectivity index (χ4n) is 1.92. The summed E-state index contributed by atoms with van der Waals surface area (Å²) in [6.45, 7) is 9.92. The Bertz CT molecular complexity index is 482. The molecule has 0 unspecified atom stereocenters. The summed E-state index contributed by atoms with van der Waals surface area (Å²) in [5.74, 6) is 0.163. The second kappa shape index (κ2) is 8.39. The minimum absolute atomic E-state index is 0.142. The normalized spacial score (nSPS) is 10.5. The maximum absolute atomic E-state index is 12.2. The average molecular weight is 291 g/mol. The van der Waals surface area contributed by atoms with Crippen molar-refractivity contribution in [3.8, 4) is 0 Å². The molecule has 1 heterocycles. The summed E-state index contributed by atoms with van der Waals surface area (Å²) >= 11 is 0. The molecule has 0 radical (unpaired) electrons. The van der Waals surface area contributed by atoms with Gasteiger partial charge in [-0.1, -0.05) is 19.9 Å². The molecule has 0 aliphatic heterocycles. The Balaban J connectivity index is 2.76. The molecule has 0 aliphatic rings. The molecular weight excluding hydrogens is 266 g/mol. The molecule has 1 rings (SSSR count). The van der Waals surface area contributed by atoms with Crippen LogP contribution in [0.3, 0.4) is 0 Å². The smallest absolute Gasteiger partial charge is 0.272 e. The Morgan fingerprint density at radius 2 is 1.81 bits per heavy atom. The van der Waals surface area contributed by atoms with E-state index in [2.05, 4.69) is 24.1 Å². The van der Waals surface area contributed by atoms with Crippen molar-refractivity contribution in [3.05, 3.63) is 29.6 Å². The second-order valence-electron chi connectivity index (χ2n) is 5.32. The lowest BCUT2D eigenvalue weighted by molar-refractivity contribution is 0.0767. The number of hydrogen-bond donors (Lipinski definition) is 1. The molecule has 1 aromatic heterocycles. The van der Waals surface area contributed by atoms with Crippen molar-refractivity contribution < 1.29 is 9.59 Å². The van der Waals surface area contributed by atoms with E-state index in [0.29, 0.717) is 31.2 Å². The summed E-state index contributed by atoms with van der Waals surface area (Å²) in [7, 11) is 0. The van der Waals surface area contributed by atoms with Crippen molar-refractivity contribution in [3.63, 3.8) is 0 Å². The SMILES string of the molecule is CCN(CC)C(=O)c1cccc(C(=O)NCCC(C)C)n1. The molecule has 0 fully saturated rings. The summed E-state index contributed by atoms with van der Waals surface area (Å²) < 4.78 is 0. The molecule has 1 aromatic rings. The number of nitrogens with zero attached hydrogens (tertiary/aromatic N) is 2. The van der Waals surface area contributed by atoms with Gasteiger partial charge in [0, 0.05) is 19.6 Å². The number of nitrogens with one attached hydrogen (secondary N) is 1. The number of aromatic nitrogens is 1. The Hall–Kier alpha value is -1.91. The first-order valence-electron chi connectivity index (χ1n) is 7.54. The maximum atomic E-state index is 12.2. The fraction of sp³-hybridized carbons (Fsp3) is 0.562. The van der Waals surface area contributed by atoms with Gasteiger partial charge in [0.05, 0.1) is 0 Å². The van der Waals surface area contributed by atoms with Crippen LogP contribution in [0.4, 0.5) is 0 Å². The predicted octanol–water partition coefficient (Wildman–Crippen LogP) is 2.34. The van der Waals surface area contributed by atoms with Crippen molar-refractivity contribution in [2.75, 3.05) is 19.6 Å². The van der Waals surface area contributed by atoms with Crippen LogP contribution in [0.25, 0.3) is 0 Å².